The summed E-state index contributed by atoms with van der Waals surface area (Å²) in [7, 11) is -2.22. The fraction of sp³-hybridized carbons (Fsp3) is 0.333. The minimum absolute atomic E-state index is 0.0610. The molecule has 32 heavy (non-hydrogen) atoms. The van der Waals surface area contributed by atoms with Crippen LogP contribution in [0.1, 0.15) is 6.92 Å². The fourth-order valence-corrected chi connectivity index (χ4v) is 4.95. The normalized spacial score (nSPS) is 18.9. The molecule has 2 aromatic rings. The number of hydrogen-bond donors (Lipinski definition) is 2. The fourth-order valence-electron chi connectivity index (χ4n) is 3.51. The molecule has 2 aliphatic rings. The van der Waals surface area contributed by atoms with Gasteiger partial charge in [-0.15, -0.1) is 0 Å². The van der Waals surface area contributed by atoms with Crippen LogP contribution in [0.25, 0.3) is 0 Å². The Bertz CT molecular complexity index is 1130. The lowest BCUT2D eigenvalue weighted by molar-refractivity contribution is -0.122. The number of anilines is 2. The van der Waals surface area contributed by atoms with Crippen molar-refractivity contribution in [2.75, 3.05) is 43.9 Å². The molecule has 11 heteroatoms. The zero-order chi connectivity index (χ0) is 22.9. The van der Waals surface area contributed by atoms with E-state index < -0.39 is 16.1 Å². The number of hydrogen-bond acceptors (Lipinski definition) is 6. The average Bonchev–Trinajstić information content (AvgIpc) is 2.80. The number of benzene rings is 2. The Hall–Kier alpha value is -3.31. The van der Waals surface area contributed by atoms with Crippen LogP contribution < -0.4 is 20.1 Å². The predicted molar refractivity (Wildman–Crippen MR) is 118 cm³/mol. The molecule has 2 heterocycles. The first-order valence-corrected chi connectivity index (χ1v) is 11.5. The van der Waals surface area contributed by atoms with Crippen molar-refractivity contribution in [3.05, 3.63) is 42.5 Å². The van der Waals surface area contributed by atoms with Gasteiger partial charge in [0.2, 0.25) is 10.0 Å². The predicted octanol–water partition coefficient (Wildman–Crippen LogP) is 1.95. The van der Waals surface area contributed by atoms with Gasteiger partial charge < -0.3 is 25.0 Å². The second-order valence-electron chi connectivity index (χ2n) is 7.46. The minimum atomic E-state index is -3.79. The van der Waals surface area contributed by atoms with E-state index in [9.17, 15) is 18.0 Å². The first kappa shape index (κ1) is 21.9. The van der Waals surface area contributed by atoms with Gasteiger partial charge in [-0.05, 0) is 49.4 Å². The smallest absolute Gasteiger partial charge is 0.321 e. The quantitative estimate of drug-likeness (QED) is 0.720. The van der Waals surface area contributed by atoms with Crippen LogP contribution in [0.3, 0.4) is 0 Å². The molecule has 2 aromatic carbocycles. The zero-order valence-corrected chi connectivity index (χ0v) is 18.5. The van der Waals surface area contributed by atoms with Crippen LogP contribution in [0.2, 0.25) is 0 Å². The van der Waals surface area contributed by atoms with Gasteiger partial charge in [-0.3, -0.25) is 4.79 Å². The molecule has 0 aliphatic carbocycles. The van der Waals surface area contributed by atoms with Crippen molar-refractivity contribution >= 4 is 33.3 Å². The second kappa shape index (κ2) is 8.67. The van der Waals surface area contributed by atoms with Crippen LogP contribution in [-0.2, 0) is 14.8 Å². The number of carbonyl (C=O) groups is 2. The van der Waals surface area contributed by atoms with Gasteiger partial charge in [0.1, 0.15) is 11.5 Å². The molecule has 1 fully saturated rings. The van der Waals surface area contributed by atoms with Gasteiger partial charge >= 0.3 is 6.03 Å². The average molecular weight is 461 g/mol. The first-order valence-electron chi connectivity index (χ1n) is 10.1. The number of nitrogens with one attached hydrogen (secondary N) is 2. The molecule has 2 aliphatic heterocycles. The van der Waals surface area contributed by atoms with E-state index in [1.165, 1.54) is 22.5 Å². The highest BCUT2D eigenvalue weighted by Gasteiger charge is 2.32. The molecule has 10 nitrogen and oxygen atoms in total. The van der Waals surface area contributed by atoms with Gasteiger partial charge in [-0.25, -0.2) is 13.2 Å². The molecule has 1 saturated heterocycles. The number of amides is 3. The second-order valence-corrected chi connectivity index (χ2v) is 9.40. The SMILES string of the molecule is COc1ccc(NC(=O)N2CCN(S(=O)(=O)c3ccc4c(c3)NC(=O)[C@H](C)O4)CC2)cc1. The van der Waals surface area contributed by atoms with E-state index in [2.05, 4.69) is 10.6 Å². The molecular weight excluding hydrogens is 436 g/mol. The lowest BCUT2D eigenvalue weighted by Crippen LogP contribution is -2.51. The van der Waals surface area contributed by atoms with E-state index in [1.807, 2.05) is 0 Å². The van der Waals surface area contributed by atoms with Crippen molar-refractivity contribution in [3.63, 3.8) is 0 Å². The van der Waals surface area contributed by atoms with Crippen LogP contribution in [0.5, 0.6) is 11.5 Å². The molecule has 1 atom stereocenters. The summed E-state index contributed by atoms with van der Waals surface area (Å²) in [6.45, 7) is 2.45. The van der Waals surface area contributed by atoms with Crippen molar-refractivity contribution < 1.29 is 27.5 Å². The third-order valence-corrected chi connectivity index (χ3v) is 7.28. The van der Waals surface area contributed by atoms with Crippen molar-refractivity contribution in [3.8, 4) is 11.5 Å². The Balaban J connectivity index is 1.39. The molecule has 2 N–H and O–H groups in total. The summed E-state index contributed by atoms with van der Waals surface area (Å²) in [6.07, 6.45) is -0.637. The standard InChI is InChI=1S/C21H24N4O6S/c1-14-20(26)23-18-13-17(7-8-19(18)31-14)32(28,29)25-11-9-24(10-12-25)21(27)22-15-3-5-16(30-2)6-4-15/h3-8,13-14H,9-12H2,1-2H3,(H,22,27)(H,23,26)/t14-/m0/s1. The summed E-state index contributed by atoms with van der Waals surface area (Å²) < 4.78 is 38.1. The molecule has 0 saturated carbocycles. The Morgan fingerprint density at radius 2 is 1.81 bits per heavy atom. The third kappa shape index (κ3) is 4.34. The molecule has 0 bridgehead atoms. The number of sulfonamides is 1. The van der Waals surface area contributed by atoms with E-state index in [-0.39, 0.29) is 43.0 Å². The number of ether oxygens (including phenoxy) is 2. The topological polar surface area (TPSA) is 117 Å². The number of rotatable bonds is 4. The van der Waals surface area contributed by atoms with Crippen molar-refractivity contribution in [1.82, 2.24) is 9.21 Å². The van der Waals surface area contributed by atoms with Crippen LogP contribution in [0.4, 0.5) is 16.2 Å². The van der Waals surface area contributed by atoms with Crippen LogP contribution in [0, 0.1) is 0 Å². The van der Waals surface area contributed by atoms with Gasteiger partial charge in [0.05, 0.1) is 17.7 Å². The van der Waals surface area contributed by atoms with E-state index in [4.69, 9.17) is 9.47 Å². The Morgan fingerprint density at radius 1 is 1.12 bits per heavy atom. The Labute approximate surface area is 186 Å². The monoisotopic (exact) mass is 460 g/mol. The molecule has 170 valence electrons. The van der Waals surface area contributed by atoms with Gasteiger partial charge in [0.25, 0.3) is 5.91 Å². The Kier molecular flexibility index (Phi) is 5.94. The minimum Gasteiger partial charge on any atom is -0.497 e. The van der Waals surface area contributed by atoms with Crippen molar-refractivity contribution in [2.24, 2.45) is 0 Å². The van der Waals surface area contributed by atoms with Crippen molar-refractivity contribution in [1.29, 1.82) is 0 Å². The maximum atomic E-state index is 13.1. The number of methoxy groups -OCH3 is 1. The van der Waals surface area contributed by atoms with E-state index in [0.717, 1.165) is 0 Å². The van der Waals surface area contributed by atoms with Crippen molar-refractivity contribution in [2.45, 2.75) is 17.9 Å². The van der Waals surface area contributed by atoms with Gasteiger partial charge in [0, 0.05) is 31.9 Å². The zero-order valence-electron chi connectivity index (χ0n) is 17.7. The highest BCUT2D eigenvalue weighted by molar-refractivity contribution is 7.89. The first-order chi connectivity index (χ1) is 15.3. The molecular formula is C21H24N4O6S. The molecule has 0 aromatic heterocycles. The van der Waals surface area contributed by atoms with E-state index in [1.54, 1.807) is 43.2 Å². The number of fused-ring (bicyclic) bond motifs is 1. The van der Waals surface area contributed by atoms with Gasteiger partial charge in [-0.2, -0.15) is 4.31 Å². The molecule has 3 amide bonds. The highest BCUT2D eigenvalue weighted by Crippen LogP contribution is 2.33. The van der Waals surface area contributed by atoms with E-state index >= 15 is 0 Å². The van der Waals surface area contributed by atoms with Crippen LogP contribution >= 0.6 is 0 Å². The summed E-state index contributed by atoms with van der Waals surface area (Å²) in [6, 6.07) is 11.1. The lowest BCUT2D eigenvalue weighted by atomic mass is 10.2. The number of carbonyl (C=O) groups excluding carboxylic acids is 2. The maximum Gasteiger partial charge on any atom is 0.321 e. The highest BCUT2D eigenvalue weighted by atomic mass is 32.2. The number of nitrogens with zero attached hydrogens (tertiary/aromatic N) is 2. The van der Waals surface area contributed by atoms with Crippen LogP contribution in [-0.4, -0.2) is 69.0 Å². The molecule has 0 radical (unpaired) electrons. The summed E-state index contributed by atoms with van der Waals surface area (Å²) in [4.78, 5) is 26.0. The molecule has 4 rings (SSSR count). The summed E-state index contributed by atoms with van der Waals surface area (Å²) in [5.41, 5.74) is 0.949. The van der Waals surface area contributed by atoms with Gasteiger partial charge in [0.15, 0.2) is 6.10 Å². The number of urea groups is 1. The number of piperazine rings is 1. The molecule has 0 unspecified atom stereocenters. The maximum absolute atomic E-state index is 13.1. The summed E-state index contributed by atoms with van der Waals surface area (Å²) >= 11 is 0. The Morgan fingerprint density at radius 3 is 2.47 bits per heavy atom. The van der Waals surface area contributed by atoms with Crippen LogP contribution in [0.15, 0.2) is 47.4 Å². The summed E-state index contributed by atoms with van der Waals surface area (Å²) in [5, 5.41) is 5.46. The van der Waals surface area contributed by atoms with Gasteiger partial charge in [-0.1, -0.05) is 0 Å². The van der Waals surface area contributed by atoms with E-state index in [0.29, 0.717) is 22.9 Å². The molecule has 0 spiro atoms. The summed E-state index contributed by atoms with van der Waals surface area (Å²) in [5.74, 6) is 0.782. The largest absolute Gasteiger partial charge is 0.497 e. The third-order valence-electron chi connectivity index (χ3n) is 5.39. The lowest BCUT2D eigenvalue weighted by Gasteiger charge is -2.34.